The van der Waals surface area contributed by atoms with Crippen LogP contribution in [0.1, 0.15) is 25.8 Å². The summed E-state index contributed by atoms with van der Waals surface area (Å²) in [7, 11) is -3.07. The van der Waals surface area contributed by atoms with Crippen molar-refractivity contribution < 1.29 is 13.2 Å². The van der Waals surface area contributed by atoms with E-state index in [1.165, 1.54) is 11.8 Å². The number of ether oxygens (including phenoxy) is 1. The lowest BCUT2D eigenvalue weighted by molar-refractivity contribution is 0.242. The van der Waals surface area contributed by atoms with E-state index in [0.717, 1.165) is 25.3 Å². The van der Waals surface area contributed by atoms with Crippen molar-refractivity contribution >= 4 is 10.0 Å². The van der Waals surface area contributed by atoms with Crippen molar-refractivity contribution in [2.24, 2.45) is 0 Å². The molecule has 0 radical (unpaired) electrons. The molecule has 0 aromatic heterocycles. The van der Waals surface area contributed by atoms with Crippen molar-refractivity contribution in [3.05, 3.63) is 29.8 Å². The molecule has 5 nitrogen and oxygen atoms in total. The quantitative estimate of drug-likeness (QED) is 0.678. The summed E-state index contributed by atoms with van der Waals surface area (Å²) in [5.74, 6) is 0.876. The highest BCUT2D eigenvalue weighted by atomic mass is 32.2. The fourth-order valence-corrected chi connectivity index (χ4v) is 2.18. The molecule has 1 aromatic rings. The molecule has 1 rings (SSSR count). The van der Waals surface area contributed by atoms with Crippen molar-refractivity contribution in [1.82, 2.24) is 10.0 Å². The van der Waals surface area contributed by atoms with Crippen molar-refractivity contribution in [2.45, 2.75) is 32.9 Å². The summed E-state index contributed by atoms with van der Waals surface area (Å²) in [5.41, 5.74) is 1.18. The van der Waals surface area contributed by atoms with Crippen LogP contribution in [0.25, 0.3) is 0 Å². The van der Waals surface area contributed by atoms with Gasteiger partial charge in [-0.1, -0.05) is 12.1 Å². The highest BCUT2D eigenvalue weighted by molar-refractivity contribution is 7.88. The molecule has 0 spiro atoms. The summed E-state index contributed by atoms with van der Waals surface area (Å²) >= 11 is 0. The van der Waals surface area contributed by atoms with Gasteiger partial charge in [0.25, 0.3) is 0 Å². The number of hydrogen-bond acceptors (Lipinski definition) is 4. The Hall–Kier alpha value is -1.11. The number of rotatable bonds is 9. The molecule has 6 heteroatoms. The zero-order valence-electron chi connectivity index (χ0n) is 12.3. The molecule has 0 unspecified atom stereocenters. The van der Waals surface area contributed by atoms with Crippen LogP contribution in [0.15, 0.2) is 24.3 Å². The lowest BCUT2D eigenvalue weighted by Gasteiger charge is -2.10. The first-order valence-corrected chi connectivity index (χ1v) is 8.67. The van der Waals surface area contributed by atoms with Crippen LogP contribution in [0.4, 0.5) is 0 Å². The van der Waals surface area contributed by atoms with Gasteiger partial charge in [-0.05, 0) is 44.5 Å². The average molecular weight is 300 g/mol. The smallest absolute Gasteiger partial charge is 0.208 e. The lowest BCUT2D eigenvalue weighted by Crippen LogP contribution is -2.26. The van der Waals surface area contributed by atoms with Crippen LogP contribution in [0.5, 0.6) is 5.75 Å². The van der Waals surface area contributed by atoms with Gasteiger partial charge < -0.3 is 10.1 Å². The molecule has 0 amide bonds. The Morgan fingerprint density at radius 1 is 1.15 bits per heavy atom. The van der Waals surface area contributed by atoms with Gasteiger partial charge in [0.2, 0.25) is 10.0 Å². The zero-order chi connectivity index (χ0) is 15.0. The van der Waals surface area contributed by atoms with E-state index in [1.807, 2.05) is 38.1 Å². The van der Waals surface area contributed by atoms with Crippen LogP contribution in [0.3, 0.4) is 0 Å². The van der Waals surface area contributed by atoms with Crippen LogP contribution < -0.4 is 14.8 Å². The highest BCUT2D eigenvalue weighted by Gasteiger charge is 2.00. The first kappa shape index (κ1) is 16.9. The molecule has 0 aliphatic carbocycles. The van der Waals surface area contributed by atoms with Gasteiger partial charge >= 0.3 is 0 Å². The van der Waals surface area contributed by atoms with Gasteiger partial charge in [-0.15, -0.1) is 0 Å². The molecular weight excluding hydrogens is 276 g/mol. The molecule has 0 fully saturated rings. The third-order valence-corrected chi connectivity index (χ3v) is 3.25. The van der Waals surface area contributed by atoms with Crippen molar-refractivity contribution in [3.8, 4) is 5.75 Å². The Bertz CT molecular complexity index is 484. The molecule has 1 aromatic carbocycles. The Kier molecular flexibility index (Phi) is 6.98. The topological polar surface area (TPSA) is 67.4 Å². The highest BCUT2D eigenvalue weighted by Crippen LogP contribution is 2.13. The van der Waals surface area contributed by atoms with Crippen LogP contribution >= 0.6 is 0 Å². The molecule has 2 N–H and O–H groups in total. The van der Waals surface area contributed by atoms with Crippen molar-refractivity contribution in [3.63, 3.8) is 0 Å². The maximum absolute atomic E-state index is 10.9. The molecular formula is C14H24N2O3S. The molecule has 114 valence electrons. The van der Waals surface area contributed by atoms with Gasteiger partial charge in [-0.25, -0.2) is 13.1 Å². The predicted molar refractivity (Wildman–Crippen MR) is 81.4 cm³/mol. The van der Waals surface area contributed by atoms with Crippen LogP contribution in [-0.2, 0) is 16.6 Å². The van der Waals surface area contributed by atoms with Gasteiger partial charge in [-0.3, -0.25) is 0 Å². The van der Waals surface area contributed by atoms with Gasteiger partial charge in [0.05, 0.1) is 12.4 Å². The maximum Gasteiger partial charge on any atom is 0.208 e. The minimum Gasteiger partial charge on any atom is -0.491 e. The Labute approximate surface area is 121 Å². The summed E-state index contributed by atoms with van der Waals surface area (Å²) in [4.78, 5) is 0. The number of nitrogens with one attached hydrogen (secondary N) is 2. The van der Waals surface area contributed by atoms with Crippen LogP contribution in [0, 0.1) is 0 Å². The number of benzene rings is 1. The molecule has 0 saturated carbocycles. The minimum atomic E-state index is -3.07. The third kappa shape index (κ3) is 8.14. The average Bonchev–Trinajstić information content (AvgIpc) is 2.33. The first-order valence-electron chi connectivity index (χ1n) is 6.78. The van der Waals surface area contributed by atoms with E-state index in [9.17, 15) is 8.42 Å². The summed E-state index contributed by atoms with van der Waals surface area (Å²) in [5, 5.41) is 3.27. The molecule has 0 heterocycles. The van der Waals surface area contributed by atoms with Gasteiger partial charge in [0.15, 0.2) is 0 Å². The van der Waals surface area contributed by atoms with E-state index < -0.39 is 10.0 Å². The standard InChI is InChI=1S/C14H24N2O3S/c1-12(2)19-14-7-5-13(6-8-14)11-15-9-4-10-16-20(3,17)18/h5-8,12,15-16H,4,9-11H2,1-3H3. The van der Waals surface area contributed by atoms with E-state index in [-0.39, 0.29) is 6.10 Å². The van der Waals surface area contributed by atoms with Crippen molar-refractivity contribution in [1.29, 1.82) is 0 Å². The second-order valence-corrected chi connectivity index (χ2v) is 6.84. The minimum absolute atomic E-state index is 0.182. The molecule has 20 heavy (non-hydrogen) atoms. The summed E-state index contributed by atoms with van der Waals surface area (Å²) in [6, 6.07) is 7.98. The molecule has 0 atom stereocenters. The normalized spacial score (nSPS) is 11.8. The first-order chi connectivity index (χ1) is 9.37. The Balaban J connectivity index is 2.19. The van der Waals surface area contributed by atoms with E-state index in [4.69, 9.17) is 4.74 Å². The Morgan fingerprint density at radius 3 is 2.35 bits per heavy atom. The molecule has 0 bridgehead atoms. The second-order valence-electron chi connectivity index (χ2n) is 5.01. The SMILES string of the molecule is CC(C)Oc1ccc(CNCCCNS(C)(=O)=O)cc1. The molecule has 0 saturated heterocycles. The lowest BCUT2D eigenvalue weighted by atomic mass is 10.2. The van der Waals surface area contributed by atoms with E-state index in [2.05, 4.69) is 10.0 Å². The summed E-state index contributed by atoms with van der Waals surface area (Å²) in [6.45, 7) is 6.00. The maximum atomic E-state index is 10.9. The van der Waals surface area contributed by atoms with Crippen LogP contribution in [-0.4, -0.2) is 33.9 Å². The number of sulfonamides is 1. The van der Waals surface area contributed by atoms with Crippen LogP contribution in [0.2, 0.25) is 0 Å². The van der Waals surface area contributed by atoms with Gasteiger partial charge in [0.1, 0.15) is 5.75 Å². The monoisotopic (exact) mass is 300 g/mol. The van der Waals surface area contributed by atoms with E-state index >= 15 is 0 Å². The molecule has 0 aliphatic rings. The third-order valence-electron chi connectivity index (χ3n) is 2.52. The van der Waals surface area contributed by atoms with E-state index in [0.29, 0.717) is 6.54 Å². The predicted octanol–water partition coefficient (Wildman–Crippen LogP) is 1.50. The largest absolute Gasteiger partial charge is 0.491 e. The van der Waals surface area contributed by atoms with Gasteiger partial charge in [-0.2, -0.15) is 0 Å². The fourth-order valence-electron chi connectivity index (χ4n) is 1.66. The second kappa shape index (κ2) is 8.24. The fraction of sp³-hybridized carbons (Fsp3) is 0.571. The molecule has 0 aliphatic heterocycles. The zero-order valence-corrected chi connectivity index (χ0v) is 13.2. The van der Waals surface area contributed by atoms with Crippen molar-refractivity contribution in [2.75, 3.05) is 19.3 Å². The number of hydrogen-bond donors (Lipinski definition) is 2. The Morgan fingerprint density at radius 2 is 1.80 bits per heavy atom. The van der Waals surface area contributed by atoms with Gasteiger partial charge in [0, 0.05) is 13.1 Å². The van der Waals surface area contributed by atoms with E-state index in [1.54, 1.807) is 0 Å². The summed E-state index contributed by atoms with van der Waals surface area (Å²) in [6.07, 6.45) is 2.12. The summed E-state index contributed by atoms with van der Waals surface area (Å²) < 4.78 is 29.7.